The summed E-state index contributed by atoms with van der Waals surface area (Å²) >= 11 is 0. The number of anilines is 2. The van der Waals surface area contributed by atoms with Crippen LogP contribution in [0.4, 0.5) is 20.5 Å². The minimum absolute atomic E-state index is 0.326. The Labute approximate surface area is 244 Å². The molecular formula is C31H37F2N7O2. The number of para-hydroxylation sites is 3. The molecule has 2 aliphatic rings. The fourth-order valence-electron chi connectivity index (χ4n) is 5.91. The first-order chi connectivity index (χ1) is 20.6. The third kappa shape index (κ3) is 6.32. The van der Waals surface area contributed by atoms with Gasteiger partial charge in [-0.25, -0.2) is 13.8 Å². The Balaban J connectivity index is 1.16. The van der Waals surface area contributed by atoms with Gasteiger partial charge in [0.15, 0.2) is 5.82 Å². The van der Waals surface area contributed by atoms with E-state index in [1.807, 2.05) is 24.3 Å². The second kappa shape index (κ2) is 13.0. The number of rotatable bonds is 10. The van der Waals surface area contributed by atoms with Crippen molar-refractivity contribution in [3.63, 3.8) is 0 Å². The minimum Gasteiger partial charge on any atom is -0.496 e. The Hall–Kier alpha value is -3.83. The summed E-state index contributed by atoms with van der Waals surface area (Å²) in [6.45, 7) is 4.03. The standard InChI is InChI=1S/C31H37F2N7O2/c1-41-26-9-5-2-6-22(26)20-34-23-12-10-21(11-13-23)19-35-31-37-27(39-14-16-42-17-15-39)18-28(38-31)40-25-8-4-3-7-24(25)36-30(40)29(32)33/h2-9,18,21,23,29,34H,10-17,19-20H2,1H3,(H,35,37,38). The molecule has 0 unspecified atom stereocenters. The number of morpholine rings is 1. The van der Waals surface area contributed by atoms with Crippen molar-refractivity contribution in [2.24, 2.45) is 5.92 Å². The normalized spacial score (nSPS) is 19.4. The van der Waals surface area contributed by atoms with E-state index in [4.69, 9.17) is 19.4 Å². The quantitative estimate of drug-likeness (QED) is 0.261. The number of hydrogen-bond acceptors (Lipinski definition) is 8. The zero-order valence-corrected chi connectivity index (χ0v) is 23.8. The van der Waals surface area contributed by atoms with Crippen LogP contribution in [-0.4, -0.2) is 65.5 Å². The maximum Gasteiger partial charge on any atom is 0.296 e. The number of ether oxygens (including phenoxy) is 2. The van der Waals surface area contributed by atoms with E-state index in [1.54, 1.807) is 31.4 Å². The van der Waals surface area contributed by atoms with Gasteiger partial charge in [0.2, 0.25) is 5.95 Å². The molecule has 2 aromatic heterocycles. The van der Waals surface area contributed by atoms with Crippen molar-refractivity contribution >= 4 is 22.8 Å². The smallest absolute Gasteiger partial charge is 0.296 e. The summed E-state index contributed by atoms with van der Waals surface area (Å²) in [4.78, 5) is 15.9. The number of nitrogens with one attached hydrogen (secondary N) is 2. The number of benzene rings is 2. The number of alkyl halides is 2. The van der Waals surface area contributed by atoms with Gasteiger partial charge in [0.05, 0.1) is 31.4 Å². The van der Waals surface area contributed by atoms with Gasteiger partial charge < -0.3 is 25.0 Å². The molecule has 6 rings (SSSR count). The van der Waals surface area contributed by atoms with E-state index in [9.17, 15) is 8.78 Å². The molecule has 0 bridgehead atoms. The molecule has 2 N–H and O–H groups in total. The largest absolute Gasteiger partial charge is 0.496 e. The zero-order valence-electron chi connectivity index (χ0n) is 23.8. The third-order valence-electron chi connectivity index (χ3n) is 8.21. The number of imidazole rings is 1. The molecule has 1 aliphatic carbocycles. The van der Waals surface area contributed by atoms with Crippen LogP contribution >= 0.6 is 0 Å². The van der Waals surface area contributed by atoms with Crippen molar-refractivity contribution < 1.29 is 18.3 Å². The highest BCUT2D eigenvalue weighted by atomic mass is 19.3. The Morgan fingerprint density at radius 3 is 2.48 bits per heavy atom. The number of aromatic nitrogens is 4. The van der Waals surface area contributed by atoms with Crippen molar-refractivity contribution in [1.82, 2.24) is 24.8 Å². The Morgan fingerprint density at radius 2 is 1.69 bits per heavy atom. The molecule has 9 nitrogen and oxygen atoms in total. The lowest BCUT2D eigenvalue weighted by atomic mass is 9.86. The number of halogens is 2. The average Bonchev–Trinajstić information content (AvgIpc) is 3.44. The molecule has 222 valence electrons. The number of fused-ring (bicyclic) bond motifs is 1. The van der Waals surface area contributed by atoms with Crippen molar-refractivity contribution in [1.29, 1.82) is 0 Å². The van der Waals surface area contributed by atoms with E-state index >= 15 is 0 Å². The first kappa shape index (κ1) is 28.3. The highest BCUT2D eigenvalue weighted by Crippen LogP contribution is 2.30. The minimum atomic E-state index is -2.75. The topological polar surface area (TPSA) is 89.4 Å². The van der Waals surface area contributed by atoms with Crippen molar-refractivity contribution in [2.75, 3.05) is 50.2 Å². The van der Waals surface area contributed by atoms with Gasteiger partial charge in [-0.3, -0.25) is 4.57 Å². The molecule has 2 fully saturated rings. The molecule has 11 heteroatoms. The number of methoxy groups -OCH3 is 1. The van der Waals surface area contributed by atoms with Crippen molar-refractivity contribution in [3.05, 3.63) is 66.0 Å². The SMILES string of the molecule is COc1ccccc1CNC1CCC(CNc2nc(N3CCOCC3)cc(-n3c(C(F)F)nc4ccccc43)n2)CC1. The van der Waals surface area contributed by atoms with Crippen molar-refractivity contribution in [2.45, 2.75) is 44.7 Å². The van der Waals surface area contributed by atoms with Crippen molar-refractivity contribution in [3.8, 4) is 11.6 Å². The van der Waals surface area contributed by atoms with Crippen LogP contribution in [0, 0.1) is 5.92 Å². The predicted octanol–water partition coefficient (Wildman–Crippen LogP) is 5.36. The molecule has 42 heavy (non-hydrogen) atoms. The van der Waals surface area contributed by atoms with E-state index < -0.39 is 6.43 Å². The van der Waals surface area contributed by atoms with Crippen LogP contribution < -0.4 is 20.3 Å². The Morgan fingerprint density at radius 1 is 0.952 bits per heavy atom. The van der Waals surface area contributed by atoms with E-state index in [2.05, 4.69) is 26.6 Å². The molecule has 0 amide bonds. The highest BCUT2D eigenvalue weighted by Gasteiger charge is 2.25. The summed E-state index contributed by atoms with van der Waals surface area (Å²) in [5.41, 5.74) is 2.26. The molecule has 2 aromatic carbocycles. The summed E-state index contributed by atoms with van der Waals surface area (Å²) in [7, 11) is 1.70. The van der Waals surface area contributed by atoms with Crippen LogP contribution in [0.2, 0.25) is 0 Å². The van der Waals surface area contributed by atoms with Gasteiger partial charge in [0.25, 0.3) is 6.43 Å². The van der Waals surface area contributed by atoms with E-state index in [0.717, 1.165) is 50.1 Å². The van der Waals surface area contributed by atoms with Gasteiger partial charge in [0, 0.05) is 43.9 Å². The van der Waals surface area contributed by atoms with Gasteiger partial charge >= 0.3 is 0 Å². The maximum atomic E-state index is 14.1. The first-order valence-electron chi connectivity index (χ1n) is 14.7. The average molecular weight is 578 g/mol. The van der Waals surface area contributed by atoms with Gasteiger partial charge in [-0.05, 0) is 49.8 Å². The summed E-state index contributed by atoms with van der Waals surface area (Å²) in [6.07, 6.45) is 1.57. The van der Waals surface area contributed by atoms with Gasteiger partial charge in [-0.1, -0.05) is 30.3 Å². The highest BCUT2D eigenvalue weighted by molar-refractivity contribution is 5.78. The second-order valence-electron chi connectivity index (χ2n) is 10.9. The first-order valence-corrected chi connectivity index (χ1v) is 14.7. The molecule has 1 saturated carbocycles. The molecular weight excluding hydrogens is 540 g/mol. The van der Waals surface area contributed by atoms with Crippen LogP contribution in [0.25, 0.3) is 16.9 Å². The van der Waals surface area contributed by atoms with Crippen LogP contribution in [0.5, 0.6) is 5.75 Å². The number of hydrogen-bond donors (Lipinski definition) is 2. The molecule has 1 aliphatic heterocycles. The molecule has 3 heterocycles. The van der Waals surface area contributed by atoms with E-state index in [0.29, 0.717) is 66.9 Å². The van der Waals surface area contributed by atoms with Crippen LogP contribution in [0.15, 0.2) is 54.6 Å². The summed E-state index contributed by atoms with van der Waals surface area (Å²) in [5, 5.41) is 7.13. The summed E-state index contributed by atoms with van der Waals surface area (Å²) in [6, 6.07) is 17.5. The molecule has 0 radical (unpaired) electrons. The molecule has 0 spiro atoms. The Kier molecular flexibility index (Phi) is 8.76. The summed E-state index contributed by atoms with van der Waals surface area (Å²) < 4.78 is 40.7. The zero-order chi connectivity index (χ0) is 28.9. The number of nitrogens with zero attached hydrogens (tertiary/aromatic N) is 5. The summed E-state index contributed by atoms with van der Waals surface area (Å²) in [5.74, 6) is 2.55. The van der Waals surface area contributed by atoms with E-state index in [-0.39, 0.29) is 5.82 Å². The second-order valence-corrected chi connectivity index (χ2v) is 10.9. The lowest BCUT2D eigenvalue weighted by molar-refractivity contribution is 0.122. The molecule has 0 atom stereocenters. The monoisotopic (exact) mass is 577 g/mol. The molecule has 1 saturated heterocycles. The lowest BCUT2D eigenvalue weighted by Gasteiger charge is -2.30. The van der Waals surface area contributed by atoms with Gasteiger partial charge in [-0.2, -0.15) is 9.97 Å². The Bertz CT molecular complexity index is 1480. The fourth-order valence-corrected chi connectivity index (χ4v) is 5.91. The van der Waals surface area contributed by atoms with E-state index in [1.165, 1.54) is 4.57 Å². The third-order valence-corrected chi connectivity index (χ3v) is 8.21. The predicted molar refractivity (Wildman–Crippen MR) is 159 cm³/mol. The van der Waals surface area contributed by atoms with Gasteiger partial charge in [0.1, 0.15) is 17.4 Å². The van der Waals surface area contributed by atoms with Crippen LogP contribution in [-0.2, 0) is 11.3 Å². The van der Waals surface area contributed by atoms with Crippen LogP contribution in [0.1, 0.15) is 43.5 Å². The van der Waals surface area contributed by atoms with Crippen LogP contribution in [0.3, 0.4) is 0 Å². The van der Waals surface area contributed by atoms with Gasteiger partial charge in [-0.15, -0.1) is 0 Å². The molecule has 4 aromatic rings. The maximum absolute atomic E-state index is 14.1. The fraction of sp³-hybridized carbons (Fsp3) is 0.452. The lowest BCUT2D eigenvalue weighted by Crippen LogP contribution is -2.37.